The summed E-state index contributed by atoms with van der Waals surface area (Å²) in [4.78, 5) is 62.1. The summed E-state index contributed by atoms with van der Waals surface area (Å²) in [6.45, 7) is 8.84. The second-order valence-electron chi connectivity index (χ2n) is 8.59. The summed E-state index contributed by atoms with van der Waals surface area (Å²) in [5.74, 6) is -0.235. The predicted molar refractivity (Wildman–Crippen MR) is 102 cm³/mol. The number of carbonyl (C=O) groups is 5. The van der Waals surface area contributed by atoms with Gasteiger partial charge in [0.1, 0.15) is 0 Å². The van der Waals surface area contributed by atoms with Crippen molar-refractivity contribution in [3.8, 4) is 0 Å². The van der Waals surface area contributed by atoms with Crippen molar-refractivity contribution in [3.63, 3.8) is 0 Å². The summed E-state index contributed by atoms with van der Waals surface area (Å²) in [5, 5.41) is 2.66. The predicted octanol–water partition coefficient (Wildman–Crippen LogP) is 1.14. The average molecular weight is 406 g/mol. The maximum atomic E-state index is 12.7. The van der Waals surface area contributed by atoms with Crippen molar-refractivity contribution in [1.82, 2.24) is 14.1 Å². The Balaban J connectivity index is 2.11. The summed E-state index contributed by atoms with van der Waals surface area (Å²) in [6, 6.07) is 0. The Kier molecular flexibility index (Phi) is 6.00. The fourth-order valence-corrected chi connectivity index (χ4v) is 6.55. The van der Waals surface area contributed by atoms with Gasteiger partial charge in [-0.3, -0.25) is 0 Å². The molecule has 2 aliphatic rings. The van der Waals surface area contributed by atoms with Crippen molar-refractivity contribution in [3.05, 3.63) is 0 Å². The normalized spacial score (nSPS) is 22.3. The molecule has 2 unspecified atom stereocenters. The van der Waals surface area contributed by atoms with Crippen LogP contribution in [0.3, 0.4) is 0 Å². The monoisotopic (exact) mass is 406 g/mol. The van der Waals surface area contributed by atoms with E-state index in [0.29, 0.717) is 6.42 Å². The second-order valence-corrected chi connectivity index (χ2v) is 11.6. The first-order valence-electron chi connectivity index (χ1n) is 9.02. The molecule has 2 rings (SSSR count). The summed E-state index contributed by atoms with van der Waals surface area (Å²) in [6.07, 6.45) is 1.51. The van der Waals surface area contributed by atoms with Gasteiger partial charge in [0.05, 0.1) is 0 Å². The Labute approximate surface area is 172 Å². The molecule has 27 heavy (non-hydrogen) atoms. The minimum atomic E-state index is -3.02. The number of nitrogens with one attached hydrogen (secondary N) is 1. The molecule has 5 amide bonds. The van der Waals surface area contributed by atoms with E-state index in [4.69, 9.17) is 0 Å². The fourth-order valence-electron chi connectivity index (χ4n) is 3.67. The average Bonchev–Trinajstić information content (AvgIpc) is 3.31. The molecule has 1 heterocycles. The van der Waals surface area contributed by atoms with Crippen LogP contribution in [0.15, 0.2) is 0 Å². The van der Waals surface area contributed by atoms with E-state index in [0.717, 1.165) is 26.8 Å². The van der Waals surface area contributed by atoms with Gasteiger partial charge in [-0.1, -0.05) is 0 Å². The number of carbonyl (C=O) groups excluding carboxylic acids is 5. The zero-order valence-corrected chi connectivity index (χ0v) is 19.4. The van der Waals surface area contributed by atoms with Crippen molar-refractivity contribution >= 4 is 56.8 Å². The van der Waals surface area contributed by atoms with Crippen molar-refractivity contribution in [2.24, 2.45) is 17.3 Å². The third-order valence-corrected chi connectivity index (χ3v) is 9.75. The molecule has 1 aliphatic carbocycles. The first kappa shape index (κ1) is 22.1. The zero-order chi connectivity index (χ0) is 20.9. The summed E-state index contributed by atoms with van der Waals surface area (Å²) in [7, 11) is 1.62. The van der Waals surface area contributed by atoms with Gasteiger partial charge in [-0.05, 0) is 0 Å². The van der Waals surface area contributed by atoms with Gasteiger partial charge in [0.25, 0.3) is 0 Å². The molecule has 2 atom stereocenters. The molecule has 1 saturated carbocycles. The Bertz CT molecular complexity index is 705. The minimum absolute atomic E-state index is 0.0122. The molecule has 0 aromatic carbocycles. The molecule has 1 aliphatic heterocycles. The van der Waals surface area contributed by atoms with Crippen molar-refractivity contribution in [2.45, 2.75) is 53.0 Å². The number of amides is 5. The topological polar surface area (TPSA) is 104 Å². The van der Waals surface area contributed by atoms with Gasteiger partial charge in [-0.25, -0.2) is 0 Å². The molecule has 0 aromatic heterocycles. The van der Waals surface area contributed by atoms with Crippen molar-refractivity contribution in [1.29, 1.82) is 0 Å². The van der Waals surface area contributed by atoms with Gasteiger partial charge in [0.2, 0.25) is 0 Å². The van der Waals surface area contributed by atoms with Crippen LogP contribution in [-0.4, -0.2) is 78.2 Å². The SMILES string of the molecule is CNC(=O)C1CC1CC(C)(C)C(C)(C)N1[C](=O)[Al]([C](=O)[N]([AlH+])C(C)=O)[C]1=O. The van der Waals surface area contributed by atoms with Crippen LogP contribution in [-0.2, 0) is 9.59 Å². The molecule has 0 radical (unpaired) electrons. The Morgan fingerprint density at radius 3 is 2.19 bits per heavy atom. The Hall–Kier alpha value is -1.19. The van der Waals surface area contributed by atoms with E-state index < -0.39 is 45.3 Å². The molecule has 0 bridgehead atoms. The summed E-state index contributed by atoms with van der Waals surface area (Å²) < 4.78 is -0.609. The van der Waals surface area contributed by atoms with Gasteiger partial charge in [0, 0.05) is 7.05 Å². The van der Waals surface area contributed by atoms with Crippen LogP contribution in [0.2, 0.25) is 0 Å². The fraction of sp³-hybridized carbons (Fsp3) is 0.706. The van der Waals surface area contributed by atoms with Crippen LogP contribution < -0.4 is 5.32 Å². The van der Waals surface area contributed by atoms with Crippen LogP contribution in [0.4, 0.5) is 14.4 Å². The number of imide groups is 2. The molecule has 144 valence electrons. The molecule has 0 aromatic rings. The molecule has 8 nitrogen and oxygen atoms in total. The molecule has 2 fully saturated rings. The van der Waals surface area contributed by atoms with Crippen LogP contribution in [0.1, 0.15) is 47.5 Å². The van der Waals surface area contributed by atoms with Gasteiger partial charge < -0.3 is 0 Å². The first-order chi connectivity index (χ1) is 12.3. The van der Waals surface area contributed by atoms with E-state index in [-0.39, 0.29) is 17.7 Å². The summed E-state index contributed by atoms with van der Waals surface area (Å²) >= 11 is -1.96. The Morgan fingerprint density at radius 1 is 1.22 bits per heavy atom. The van der Waals surface area contributed by atoms with Gasteiger partial charge >= 0.3 is 165 Å². The third-order valence-electron chi connectivity index (χ3n) is 6.32. The second kappa shape index (κ2) is 7.33. The van der Waals surface area contributed by atoms with E-state index in [1.165, 1.54) is 11.8 Å². The van der Waals surface area contributed by atoms with E-state index in [9.17, 15) is 24.0 Å². The van der Waals surface area contributed by atoms with E-state index >= 15 is 0 Å². The quantitative estimate of drug-likeness (QED) is 0.667. The maximum absolute atomic E-state index is 12.7. The number of hydrogen-bond donors (Lipinski definition) is 1. The van der Waals surface area contributed by atoms with Crippen LogP contribution in [0.5, 0.6) is 0 Å². The molecule has 0 spiro atoms. The first-order valence-corrected chi connectivity index (χ1v) is 11.4. The number of hydrogen-bond acceptors (Lipinski definition) is 5. The van der Waals surface area contributed by atoms with E-state index in [1.807, 2.05) is 27.7 Å². The van der Waals surface area contributed by atoms with Gasteiger partial charge in [0.15, 0.2) is 0 Å². The standard InChI is InChI=1S/C14H22N2O3.C3H3NO2.2Al.H/c1-13(2,14(3,4)16(8-17)9-18)7-10-6-11(10)12(19)15-5;1-3(6)4-2-5;;;/h10-11H,6-7H2,1-5H3,(H,15,19);1H3;;;/q;-1;;+2;. The van der Waals surface area contributed by atoms with Gasteiger partial charge in [-0.2, -0.15) is 0 Å². The summed E-state index contributed by atoms with van der Waals surface area (Å²) in [5.41, 5.74) is -1.22. The van der Waals surface area contributed by atoms with Crippen LogP contribution in [0, 0.1) is 17.3 Å². The molecule has 1 saturated heterocycles. The molecular weight excluding hydrogens is 380 g/mol. The number of nitrogens with zero attached hydrogens (tertiary/aromatic N) is 2. The van der Waals surface area contributed by atoms with E-state index in [2.05, 4.69) is 5.32 Å². The molecule has 10 heteroatoms. The van der Waals surface area contributed by atoms with Crippen LogP contribution in [0.25, 0.3) is 0 Å². The van der Waals surface area contributed by atoms with Crippen LogP contribution >= 0.6 is 0 Å². The zero-order valence-electron chi connectivity index (χ0n) is 16.8. The third kappa shape index (κ3) is 3.73. The van der Waals surface area contributed by atoms with E-state index in [1.54, 1.807) is 7.05 Å². The Morgan fingerprint density at radius 2 is 1.74 bits per heavy atom. The van der Waals surface area contributed by atoms with Gasteiger partial charge in [-0.15, -0.1) is 0 Å². The number of rotatable bonds is 6. The molecular formula is C17H26Al2N3O5+. The van der Waals surface area contributed by atoms with Crippen molar-refractivity contribution < 1.29 is 24.0 Å². The van der Waals surface area contributed by atoms with Crippen molar-refractivity contribution in [2.75, 3.05) is 7.05 Å². The molecule has 1 N–H and O–H groups in total.